The van der Waals surface area contributed by atoms with Gasteiger partial charge in [-0.1, -0.05) is 6.07 Å². The molecular weight excluding hydrogens is 436 g/mol. The van der Waals surface area contributed by atoms with Crippen LogP contribution in [0.1, 0.15) is 22.8 Å². The van der Waals surface area contributed by atoms with Crippen molar-refractivity contribution in [2.45, 2.75) is 18.7 Å². The molecule has 2 aromatic carbocycles. The summed E-state index contributed by atoms with van der Waals surface area (Å²) in [4.78, 5) is 24.2. The molecule has 1 saturated heterocycles. The van der Waals surface area contributed by atoms with Gasteiger partial charge in [-0.3, -0.25) is 4.79 Å². The highest BCUT2D eigenvalue weighted by atomic mass is 32.2. The second kappa shape index (κ2) is 10.6. The molecule has 0 aliphatic carbocycles. The minimum Gasteiger partial charge on any atom is -0.484 e. The highest BCUT2D eigenvalue weighted by Gasteiger charge is 2.27. The molecule has 172 valence electrons. The number of hydrogen-bond acceptors (Lipinski definition) is 7. The van der Waals surface area contributed by atoms with Crippen LogP contribution in [0.25, 0.3) is 0 Å². The zero-order valence-corrected chi connectivity index (χ0v) is 18.8. The Kier molecular flexibility index (Phi) is 7.84. The van der Waals surface area contributed by atoms with Crippen LogP contribution < -0.4 is 10.1 Å². The monoisotopic (exact) mass is 462 g/mol. The number of rotatable bonds is 8. The molecule has 3 rings (SSSR count). The van der Waals surface area contributed by atoms with E-state index in [-0.39, 0.29) is 18.1 Å². The zero-order chi connectivity index (χ0) is 23.1. The summed E-state index contributed by atoms with van der Waals surface area (Å²) in [6.45, 7) is 4.80. The van der Waals surface area contributed by atoms with Crippen molar-refractivity contribution in [2.75, 3.05) is 44.8 Å². The Morgan fingerprint density at radius 2 is 1.78 bits per heavy atom. The summed E-state index contributed by atoms with van der Waals surface area (Å²) in [5, 5.41) is 2.70. The van der Waals surface area contributed by atoms with Crippen LogP contribution in [0, 0.1) is 6.92 Å². The van der Waals surface area contributed by atoms with Gasteiger partial charge < -0.3 is 19.5 Å². The molecule has 1 aliphatic rings. The number of aryl methyl sites for hydroxylation is 1. The molecule has 0 aromatic heterocycles. The fourth-order valence-electron chi connectivity index (χ4n) is 3.07. The summed E-state index contributed by atoms with van der Waals surface area (Å²) >= 11 is 0. The smallest absolute Gasteiger partial charge is 0.338 e. The number of esters is 1. The molecule has 0 radical (unpaired) electrons. The molecule has 0 spiro atoms. The SMILES string of the molecule is CCOC(=O)c1ccc(OCC(=O)Nc2cc(S(=O)(=O)N3CCOCC3)ccc2C)cc1. The van der Waals surface area contributed by atoms with E-state index >= 15 is 0 Å². The fourth-order valence-corrected chi connectivity index (χ4v) is 4.50. The third-order valence-corrected chi connectivity index (χ3v) is 6.72. The van der Waals surface area contributed by atoms with E-state index < -0.39 is 21.9 Å². The third kappa shape index (κ3) is 5.84. The second-order valence-electron chi connectivity index (χ2n) is 7.07. The van der Waals surface area contributed by atoms with E-state index in [4.69, 9.17) is 14.2 Å². The van der Waals surface area contributed by atoms with Crippen molar-refractivity contribution in [3.05, 3.63) is 53.6 Å². The molecule has 1 N–H and O–H groups in total. The number of ether oxygens (including phenoxy) is 3. The van der Waals surface area contributed by atoms with Gasteiger partial charge in [0.05, 0.1) is 30.3 Å². The van der Waals surface area contributed by atoms with E-state index in [2.05, 4.69) is 5.32 Å². The van der Waals surface area contributed by atoms with Gasteiger partial charge in [0.25, 0.3) is 5.91 Å². The summed E-state index contributed by atoms with van der Waals surface area (Å²) in [5.41, 5.74) is 1.50. The van der Waals surface area contributed by atoms with E-state index in [1.54, 1.807) is 44.2 Å². The Hall–Kier alpha value is -2.95. The minimum atomic E-state index is -3.67. The number of anilines is 1. The molecule has 32 heavy (non-hydrogen) atoms. The Morgan fingerprint density at radius 3 is 2.44 bits per heavy atom. The molecule has 9 nitrogen and oxygen atoms in total. The van der Waals surface area contributed by atoms with Crippen molar-refractivity contribution in [3.8, 4) is 5.75 Å². The number of hydrogen-bond donors (Lipinski definition) is 1. The normalized spacial score (nSPS) is 14.6. The summed E-state index contributed by atoms with van der Waals surface area (Å²) in [6, 6.07) is 10.9. The van der Waals surface area contributed by atoms with Gasteiger partial charge in [0.1, 0.15) is 5.75 Å². The van der Waals surface area contributed by atoms with Gasteiger partial charge in [-0.2, -0.15) is 4.31 Å². The quantitative estimate of drug-likeness (QED) is 0.599. The van der Waals surface area contributed by atoms with Crippen LogP contribution in [0.2, 0.25) is 0 Å². The molecule has 0 saturated carbocycles. The lowest BCUT2D eigenvalue weighted by Crippen LogP contribution is -2.40. The number of nitrogens with one attached hydrogen (secondary N) is 1. The van der Waals surface area contributed by atoms with Gasteiger partial charge >= 0.3 is 5.97 Å². The molecule has 0 bridgehead atoms. The third-order valence-electron chi connectivity index (χ3n) is 4.83. The van der Waals surface area contributed by atoms with Gasteiger partial charge in [0.2, 0.25) is 10.0 Å². The van der Waals surface area contributed by atoms with Gasteiger partial charge in [-0.05, 0) is 55.8 Å². The van der Waals surface area contributed by atoms with E-state index in [1.807, 2.05) is 0 Å². The first kappa shape index (κ1) is 23.7. The number of amides is 1. The molecule has 1 aliphatic heterocycles. The summed E-state index contributed by atoms with van der Waals surface area (Å²) < 4.78 is 42.7. The van der Waals surface area contributed by atoms with E-state index in [9.17, 15) is 18.0 Å². The first-order valence-electron chi connectivity index (χ1n) is 10.2. The molecule has 1 fully saturated rings. The second-order valence-corrected chi connectivity index (χ2v) is 9.01. The number of benzene rings is 2. The van der Waals surface area contributed by atoms with Crippen LogP contribution in [0.15, 0.2) is 47.4 Å². The van der Waals surface area contributed by atoms with Crippen molar-refractivity contribution in [1.82, 2.24) is 4.31 Å². The number of sulfonamides is 1. The van der Waals surface area contributed by atoms with Crippen molar-refractivity contribution in [2.24, 2.45) is 0 Å². The molecule has 1 heterocycles. The maximum absolute atomic E-state index is 12.9. The van der Waals surface area contributed by atoms with Crippen molar-refractivity contribution >= 4 is 27.6 Å². The van der Waals surface area contributed by atoms with Gasteiger partial charge in [-0.15, -0.1) is 0 Å². The Morgan fingerprint density at radius 1 is 1.09 bits per heavy atom. The van der Waals surface area contributed by atoms with Gasteiger partial charge in [0.15, 0.2) is 6.61 Å². The highest BCUT2D eigenvalue weighted by molar-refractivity contribution is 7.89. The maximum Gasteiger partial charge on any atom is 0.338 e. The topological polar surface area (TPSA) is 111 Å². The molecule has 1 amide bonds. The largest absolute Gasteiger partial charge is 0.484 e. The van der Waals surface area contributed by atoms with Crippen LogP contribution >= 0.6 is 0 Å². The Labute approximate surface area is 187 Å². The highest BCUT2D eigenvalue weighted by Crippen LogP contribution is 2.24. The lowest BCUT2D eigenvalue weighted by atomic mass is 10.2. The van der Waals surface area contributed by atoms with Crippen LogP contribution in [0.4, 0.5) is 5.69 Å². The summed E-state index contributed by atoms with van der Waals surface area (Å²) in [7, 11) is -3.67. The van der Waals surface area contributed by atoms with E-state index in [1.165, 1.54) is 16.4 Å². The van der Waals surface area contributed by atoms with E-state index in [0.29, 0.717) is 43.3 Å². The first-order chi connectivity index (χ1) is 15.3. The zero-order valence-electron chi connectivity index (χ0n) is 18.0. The van der Waals surface area contributed by atoms with Crippen LogP contribution in [-0.4, -0.2) is 64.1 Å². The lowest BCUT2D eigenvalue weighted by Gasteiger charge is -2.26. The maximum atomic E-state index is 12.9. The average Bonchev–Trinajstić information content (AvgIpc) is 2.80. The number of nitrogens with zero attached hydrogens (tertiary/aromatic N) is 1. The van der Waals surface area contributed by atoms with Crippen molar-refractivity contribution < 1.29 is 32.2 Å². The molecule has 2 aromatic rings. The van der Waals surface area contributed by atoms with E-state index in [0.717, 1.165) is 5.56 Å². The molecule has 10 heteroatoms. The summed E-state index contributed by atoms with van der Waals surface area (Å²) in [5.74, 6) is -0.462. The van der Waals surface area contributed by atoms with Crippen molar-refractivity contribution in [1.29, 1.82) is 0 Å². The minimum absolute atomic E-state index is 0.107. The van der Waals surface area contributed by atoms with Crippen LogP contribution in [-0.2, 0) is 24.3 Å². The van der Waals surface area contributed by atoms with Crippen LogP contribution in [0.3, 0.4) is 0 Å². The summed E-state index contributed by atoms with van der Waals surface area (Å²) in [6.07, 6.45) is 0. The fraction of sp³-hybridized carbons (Fsp3) is 0.364. The molecular formula is C22H26N2O7S. The van der Waals surface area contributed by atoms with Crippen LogP contribution in [0.5, 0.6) is 5.75 Å². The number of carbonyl (C=O) groups is 2. The predicted molar refractivity (Wildman–Crippen MR) is 117 cm³/mol. The van der Waals surface area contributed by atoms with Gasteiger partial charge in [0, 0.05) is 18.8 Å². The Bertz CT molecular complexity index is 1060. The lowest BCUT2D eigenvalue weighted by molar-refractivity contribution is -0.118. The Balaban J connectivity index is 1.62. The first-order valence-corrected chi connectivity index (χ1v) is 11.6. The van der Waals surface area contributed by atoms with Gasteiger partial charge in [-0.25, -0.2) is 13.2 Å². The predicted octanol–water partition coefficient (Wildman–Crippen LogP) is 2.21. The molecule has 0 unspecified atom stereocenters. The molecule has 0 atom stereocenters. The number of morpholine rings is 1. The average molecular weight is 463 g/mol. The standard InChI is InChI=1S/C22H26N2O7S/c1-3-30-22(26)17-5-7-18(8-6-17)31-15-21(25)23-20-14-19(9-4-16(20)2)32(27,28)24-10-12-29-13-11-24/h4-9,14H,3,10-13,15H2,1-2H3,(H,23,25). The number of carbonyl (C=O) groups excluding carboxylic acids is 2. The van der Waals surface area contributed by atoms with Crippen molar-refractivity contribution in [3.63, 3.8) is 0 Å².